The Morgan fingerprint density at radius 3 is 2.64 bits per heavy atom. The van der Waals surface area contributed by atoms with Crippen molar-refractivity contribution in [1.29, 1.82) is 0 Å². The number of carbonyl (C=O) groups is 1. The largest absolute Gasteiger partial charge is 0.354 e. The quantitative estimate of drug-likeness (QED) is 0.463. The van der Waals surface area contributed by atoms with Crippen LogP contribution in [0.5, 0.6) is 0 Å². The highest BCUT2D eigenvalue weighted by atomic mass is 35.5. The summed E-state index contributed by atoms with van der Waals surface area (Å²) in [6, 6.07) is 7.81. The molecule has 2 N–H and O–H groups in total. The van der Waals surface area contributed by atoms with Crippen LogP contribution in [-0.2, 0) is 11.3 Å². The first kappa shape index (κ1) is 19.6. The van der Waals surface area contributed by atoms with E-state index in [1.54, 1.807) is 7.05 Å². The first-order valence-corrected chi connectivity index (χ1v) is 9.42. The van der Waals surface area contributed by atoms with Crippen LogP contribution in [0.15, 0.2) is 29.3 Å². The maximum Gasteiger partial charge on any atom is 0.223 e. The first-order chi connectivity index (χ1) is 12.1. The van der Waals surface area contributed by atoms with Gasteiger partial charge in [0.1, 0.15) is 0 Å². The summed E-state index contributed by atoms with van der Waals surface area (Å²) in [7, 11) is 3.74. The molecule has 25 heavy (non-hydrogen) atoms. The van der Waals surface area contributed by atoms with Crippen molar-refractivity contribution in [3.05, 3.63) is 34.9 Å². The van der Waals surface area contributed by atoms with E-state index in [1.807, 2.05) is 36.2 Å². The van der Waals surface area contributed by atoms with E-state index in [9.17, 15) is 4.79 Å². The third kappa shape index (κ3) is 6.58. The van der Waals surface area contributed by atoms with Gasteiger partial charge in [0.2, 0.25) is 5.91 Å². The standard InChI is InChI=1S/C19H29ClN4O/c1-21-19(24(2)14-15-7-6-10-17(20)13-15)23-12-11-22-18(25)16-8-4-3-5-9-16/h6-7,10,13,16H,3-5,8-9,11-12,14H2,1-2H3,(H,21,23)(H,22,25). The molecule has 0 radical (unpaired) electrons. The Labute approximate surface area is 155 Å². The molecule has 5 nitrogen and oxygen atoms in total. The maximum atomic E-state index is 12.1. The van der Waals surface area contributed by atoms with Gasteiger partial charge in [-0.1, -0.05) is 43.0 Å². The number of benzene rings is 1. The van der Waals surface area contributed by atoms with Crippen LogP contribution in [-0.4, -0.2) is 44.0 Å². The van der Waals surface area contributed by atoms with Crippen LogP contribution in [0.4, 0.5) is 0 Å². The van der Waals surface area contributed by atoms with E-state index in [2.05, 4.69) is 15.6 Å². The second-order valence-corrected chi connectivity index (χ2v) is 7.02. The first-order valence-electron chi connectivity index (χ1n) is 9.04. The Hall–Kier alpha value is -1.75. The fourth-order valence-electron chi connectivity index (χ4n) is 3.24. The Morgan fingerprint density at radius 1 is 1.24 bits per heavy atom. The molecule has 0 atom stereocenters. The number of hydrogen-bond donors (Lipinski definition) is 2. The fraction of sp³-hybridized carbons (Fsp3) is 0.579. The molecular weight excluding hydrogens is 336 g/mol. The summed E-state index contributed by atoms with van der Waals surface area (Å²) < 4.78 is 0. The van der Waals surface area contributed by atoms with E-state index < -0.39 is 0 Å². The predicted octanol–water partition coefficient (Wildman–Crippen LogP) is 3.04. The van der Waals surface area contributed by atoms with Crippen molar-refractivity contribution >= 4 is 23.5 Å². The molecule has 1 aromatic carbocycles. The Bertz CT molecular complexity index is 585. The lowest BCUT2D eigenvalue weighted by Crippen LogP contribution is -2.43. The maximum absolute atomic E-state index is 12.1. The summed E-state index contributed by atoms with van der Waals surface area (Å²) in [5, 5.41) is 7.06. The topological polar surface area (TPSA) is 56.7 Å². The fourth-order valence-corrected chi connectivity index (χ4v) is 3.45. The van der Waals surface area contributed by atoms with Gasteiger partial charge < -0.3 is 15.5 Å². The van der Waals surface area contributed by atoms with Gasteiger partial charge in [-0.25, -0.2) is 0 Å². The molecule has 1 aromatic rings. The van der Waals surface area contributed by atoms with Crippen molar-refractivity contribution in [2.24, 2.45) is 10.9 Å². The van der Waals surface area contributed by atoms with E-state index in [0.717, 1.165) is 29.4 Å². The number of halogens is 1. The molecule has 1 amide bonds. The number of nitrogens with zero attached hydrogens (tertiary/aromatic N) is 2. The summed E-state index contributed by atoms with van der Waals surface area (Å²) in [5.41, 5.74) is 1.13. The van der Waals surface area contributed by atoms with Gasteiger partial charge in [-0.2, -0.15) is 0 Å². The van der Waals surface area contributed by atoms with Crippen LogP contribution in [0.3, 0.4) is 0 Å². The van der Waals surface area contributed by atoms with Crippen molar-refractivity contribution in [2.45, 2.75) is 38.6 Å². The number of guanidine groups is 1. The highest BCUT2D eigenvalue weighted by Crippen LogP contribution is 2.23. The summed E-state index contributed by atoms with van der Waals surface area (Å²) >= 11 is 6.03. The van der Waals surface area contributed by atoms with Crippen LogP contribution in [0.2, 0.25) is 5.02 Å². The third-order valence-electron chi connectivity index (χ3n) is 4.57. The molecule has 0 saturated heterocycles. The monoisotopic (exact) mass is 364 g/mol. The average Bonchev–Trinajstić information content (AvgIpc) is 2.62. The number of carbonyl (C=O) groups excluding carboxylic acids is 1. The second-order valence-electron chi connectivity index (χ2n) is 6.59. The summed E-state index contributed by atoms with van der Waals surface area (Å²) in [5.74, 6) is 1.20. The van der Waals surface area contributed by atoms with Gasteiger partial charge in [-0.05, 0) is 30.5 Å². The number of rotatable bonds is 6. The predicted molar refractivity (Wildman–Crippen MR) is 104 cm³/mol. The minimum Gasteiger partial charge on any atom is -0.354 e. The average molecular weight is 365 g/mol. The molecule has 0 aromatic heterocycles. The molecule has 1 fully saturated rings. The van der Waals surface area contributed by atoms with E-state index in [4.69, 9.17) is 11.6 Å². The zero-order chi connectivity index (χ0) is 18.1. The summed E-state index contributed by atoms with van der Waals surface area (Å²) in [6.07, 6.45) is 5.68. The molecule has 2 rings (SSSR count). The van der Waals surface area contributed by atoms with Gasteiger partial charge in [0.05, 0.1) is 0 Å². The molecule has 0 spiro atoms. The van der Waals surface area contributed by atoms with Crippen LogP contribution in [0.1, 0.15) is 37.7 Å². The Balaban J connectivity index is 1.71. The highest BCUT2D eigenvalue weighted by molar-refractivity contribution is 6.30. The second kappa shape index (κ2) is 10.3. The van der Waals surface area contributed by atoms with Gasteiger partial charge >= 0.3 is 0 Å². The minimum absolute atomic E-state index is 0.198. The lowest BCUT2D eigenvalue weighted by molar-refractivity contribution is -0.125. The normalized spacial score (nSPS) is 15.7. The van der Waals surface area contributed by atoms with E-state index in [-0.39, 0.29) is 11.8 Å². The lowest BCUT2D eigenvalue weighted by atomic mass is 9.89. The number of amides is 1. The van der Waals surface area contributed by atoms with Crippen molar-refractivity contribution < 1.29 is 4.79 Å². The van der Waals surface area contributed by atoms with Crippen molar-refractivity contribution in [2.75, 3.05) is 27.2 Å². The van der Waals surface area contributed by atoms with Crippen LogP contribution in [0, 0.1) is 5.92 Å². The van der Waals surface area contributed by atoms with Gasteiger partial charge in [-0.3, -0.25) is 9.79 Å². The molecule has 0 heterocycles. The zero-order valence-electron chi connectivity index (χ0n) is 15.2. The molecular formula is C19H29ClN4O. The Morgan fingerprint density at radius 2 is 1.96 bits per heavy atom. The molecule has 1 saturated carbocycles. The molecule has 1 aliphatic rings. The number of nitrogens with one attached hydrogen (secondary N) is 2. The molecule has 0 bridgehead atoms. The van der Waals surface area contributed by atoms with Gasteiger partial charge in [-0.15, -0.1) is 0 Å². The van der Waals surface area contributed by atoms with Gasteiger partial charge in [0.15, 0.2) is 5.96 Å². The van der Waals surface area contributed by atoms with Crippen molar-refractivity contribution in [1.82, 2.24) is 15.5 Å². The van der Waals surface area contributed by atoms with Crippen molar-refractivity contribution in [3.8, 4) is 0 Å². The third-order valence-corrected chi connectivity index (χ3v) is 4.80. The molecule has 138 valence electrons. The number of hydrogen-bond acceptors (Lipinski definition) is 2. The minimum atomic E-state index is 0.198. The number of aliphatic imine (C=N–C) groups is 1. The molecule has 1 aliphatic carbocycles. The highest BCUT2D eigenvalue weighted by Gasteiger charge is 2.20. The SMILES string of the molecule is CN=C(NCCNC(=O)C1CCCCC1)N(C)Cc1cccc(Cl)c1. The molecule has 0 aliphatic heterocycles. The molecule has 6 heteroatoms. The van der Waals surface area contributed by atoms with E-state index in [0.29, 0.717) is 19.6 Å². The van der Waals surface area contributed by atoms with E-state index >= 15 is 0 Å². The Kier molecular flexibility index (Phi) is 8.06. The van der Waals surface area contributed by atoms with Crippen LogP contribution < -0.4 is 10.6 Å². The van der Waals surface area contributed by atoms with E-state index in [1.165, 1.54) is 19.3 Å². The van der Waals surface area contributed by atoms with Crippen LogP contribution >= 0.6 is 11.6 Å². The zero-order valence-corrected chi connectivity index (χ0v) is 16.0. The summed E-state index contributed by atoms with van der Waals surface area (Å²) in [4.78, 5) is 18.5. The summed E-state index contributed by atoms with van der Waals surface area (Å²) in [6.45, 7) is 1.99. The van der Waals surface area contributed by atoms with Crippen LogP contribution in [0.25, 0.3) is 0 Å². The lowest BCUT2D eigenvalue weighted by Gasteiger charge is -2.23. The smallest absolute Gasteiger partial charge is 0.223 e. The molecule has 0 unspecified atom stereocenters. The van der Waals surface area contributed by atoms with Gasteiger partial charge in [0, 0.05) is 44.7 Å². The van der Waals surface area contributed by atoms with Gasteiger partial charge in [0.25, 0.3) is 0 Å². The van der Waals surface area contributed by atoms with Crippen molar-refractivity contribution in [3.63, 3.8) is 0 Å².